The van der Waals surface area contributed by atoms with Crippen LogP contribution in [0.2, 0.25) is 0 Å². The minimum atomic E-state index is -0.246. The first kappa shape index (κ1) is 23.6. The van der Waals surface area contributed by atoms with Crippen LogP contribution in [0.1, 0.15) is 12.8 Å². The molecule has 4 atom stereocenters. The number of methoxy groups -OCH3 is 1. The first-order valence-electron chi connectivity index (χ1n) is 10.9. The van der Waals surface area contributed by atoms with Crippen LogP contribution in [-0.4, -0.2) is 79.6 Å². The molecular weight excluding hydrogens is 654 g/mol. The quantitative estimate of drug-likeness (QED) is 0.389. The van der Waals surface area contributed by atoms with Gasteiger partial charge in [0.2, 0.25) is 0 Å². The van der Waals surface area contributed by atoms with Crippen LogP contribution >= 0.6 is 45.2 Å². The van der Waals surface area contributed by atoms with Gasteiger partial charge in [-0.1, -0.05) is 0 Å². The van der Waals surface area contributed by atoms with Crippen molar-refractivity contribution in [2.24, 2.45) is 0 Å². The first-order chi connectivity index (χ1) is 16.0. The van der Waals surface area contributed by atoms with Crippen molar-refractivity contribution in [1.29, 1.82) is 0 Å². The highest BCUT2D eigenvalue weighted by molar-refractivity contribution is 14.1. The smallest absolute Gasteiger partial charge is 0.175 e. The van der Waals surface area contributed by atoms with Crippen LogP contribution < -0.4 is 19.3 Å². The molecule has 33 heavy (non-hydrogen) atoms. The number of aromatic nitrogens is 2. The fourth-order valence-electron chi connectivity index (χ4n) is 4.75. The van der Waals surface area contributed by atoms with Gasteiger partial charge in [-0.3, -0.25) is 0 Å². The van der Waals surface area contributed by atoms with Crippen LogP contribution in [0.4, 0.5) is 11.6 Å². The van der Waals surface area contributed by atoms with Crippen molar-refractivity contribution in [1.82, 2.24) is 9.97 Å². The van der Waals surface area contributed by atoms with E-state index >= 15 is 0 Å². The van der Waals surface area contributed by atoms with Crippen molar-refractivity contribution < 1.29 is 24.1 Å². The SMILES string of the molecule is COCO[C@H]1C[C@H]2COc3c(I)ccnc3N2C1.O[C@H]1C[C@H]2COc3c(I)ccnc3N2C1. The lowest BCUT2D eigenvalue weighted by atomic mass is 10.2. The lowest BCUT2D eigenvalue weighted by Gasteiger charge is -2.32. The van der Waals surface area contributed by atoms with E-state index in [1.807, 2.05) is 18.3 Å². The molecule has 4 aliphatic heterocycles. The van der Waals surface area contributed by atoms with E-state index in [2.05, 4.69) is 64.9 Å². The van der Waals surface area contributed by atoms with Crippen LogP contribution in [0.15, 0.2) is 24.5 Å². The van der Waals surface area contributed by atoms with Gasteiger partial charge in [-0.15, -0.1) is 0 Å². The fraction of sp³-hybridized carbons (Fsp3) is 0.545. The molecular formula is C22H26I2N4O5. The molecule has 0 aliphatic carbocycles. The molecule has 4 aliphatic rings. The molecule has 0 saturated carbocycles. The lowest BCUT2D eigenvalue weighted by Crippen LogP contribution is -2.39. The second-order valence-electron chi connectivity index (χ2n) is 8.45. The zero-order valence-electron chi connectivity index (χ0n) is 18.2. The maximum Gasteiger partial charge on any atom is 0.175 e. The van der Waals surface area contributed by atoms with Crippen molar-refractivity contribution in [3.05, 3.63) is 31.7 Å². The van der Waals surface area contributed by atoms with Crippen LogP contribution in [0, 0.1) is 7.14 Å². The Bertz CT molecular complexity index is 999. The Morgan fingerprint density at radius 3 is 2.15 bits per heavy atom. The van der Waals surface area contributed by atoms with E-state index in [9.17, 15) is 5.11 Å². The Hall–Kier alpha value is -1.16. The van der Waals surface area contributed by atoms with Gasteiger partial charge in [-0.25, -0.2) is 9.97 Å². The summed E-state index contributed by atoms with van der Waals surface area (Å²) < 4.78 is 24.3. The number of fused-ring (bicyclic) bond motifs is 6. The van der Waals surface area contributed by atoms with E-state index in [0.29, 0.717) is 32.6 Å². The molecule has 2 fully saturated rings. The number of aliphatic hydroxyl groups excluding tert-OH is 1. The predicted octanol–water partition coefficient (Wildman–Crippen LogP) is 2.66. The molecule has 1 N–H and O–H groups in total. The van der Waals surface area contributed by atoms with Crippen LogP contribution in [-0.2, 0) is 9.47 Å². The van der Waals surface area contributed by atoms with Gasteiger partial charge in [0.1, 0.15) is 20.0 Å². The zero-order chi connectivity index (χ0) is 22.9. The molecule has 0 aromatic carbocycles. The molecule has 9 nitrogen and oxygen atoms in total. The van der Waals surface area contributed by atoms with Gasteiger partial charge in [0.05, 0.1) is 31.4 Å². The van der Waals surface area contributed by atoms with Crippen molar-refractivity contribution >= 4 is 56.8 Å². The summed E-state index contributed by atoms with van der Waals surface area (Å²) in [5.74, 6) is 3.60. The summed E-state index contributed by atoms with van der Waals surface area (Å²) in [6.07, 6.45) is 5.32. The molecule has 6 rings (SSSR count). The maximum absolute atomic E-state index is 9.63. The number of halogens is 2. The second kappa shape index (κ2) is 10.2. The highest BCUT2D eigenvalue weighted by atomic mass is 127. The monoisotopic (exact) mass is 680 g/mol. The third-order valence-corrected chi connectivity index (χ3v) is 7.95. The van der Waals surface area contributed by atoms with Gasteiger partial charge >= 0.3 is 0 Å². The van der Waals surface area contributed by atoms with Crippen molar-refractivity contribution in [2.45, 2.75) is 37.1 Å². The Morgan fingerprint density at radius 1 is 0.970 bits per heavy atom. The minimum absolute atomic E-state index is 0.198. The van der Waals surface area contributed by atoms with E-state index in [-0.39, 0.29) is 18.2 Å². The Labute approximate surface area is 220 Å². The molecule has 6 heterocycles. The van der Waals surface area contributed by atoms with E-state index in [0.717, 1.165) is 49.7 Å². The van der Waals surface area contributed by atoms with Crippen molar-refractivity contribution in [2.75, 3.05) is 50.0 Å². The molecule has 178 valence electrons. The molecule has 2 aromatic heterocycles. The number of rotatable bonds is 3. The number of anilines is 2. The topological polar surface area (TPSA) is 89.4 Å². The number of pyridine rings is 2. The van der Waals surface area contributed by atoms with Crippen LogP contribution in [0.3, 0.4) is 0 Å². The predicted molar refractivity (Wildman–Crippen MR) is 139 cm³/mol. The molecule has 0 radical (unpaired) electrons. The third kappa shape index (κ3) is 4.83. The average Bonchev–Trinajstić information content (AvgIpc) is 3.41. The average molecular weight is 680 g/mol. The number of nitrogens with zero attached hydrogens (tertiary/aromatic N) is 4. The lowest BCUT2D eigenvalue weighted by molar-refractivity contribution is -0.0647. The minimum Gasteiger partial charge on any atom is -0.486 e. The molecule has 0 bridgehead atoms. The molecule has 0 unspecified atom stereocenters. The van der Waals surface area contributed by atoms with E-state index < -0.39 is 0 Å². The molecule has 11 heteroatoms. The Morgan fingerprint density at radius 2 is 1.55 bits per heavy atom. The van der Waals surface area contributed by atoms with Gasteiger partial charge in [0.15, 0.2) is 23.1 Å². The van der Waals surface area contributed by atoms with Crippen molar-refractivity contribution in [3.8, 4) is 11.5 Å². The highest BCUT2D eigenvalue weighted by Gasteiger charge is 2.39. The largest absolute Gasteiger partial charge is 0.486 e. The summed E-state index contributed by atoms with van der Waals surface area (Å²) >= 11 is 4.53. The Balaban J connectivity index is 0.000000140. The summed E-state index contributed by atoms with van der Waals surface area (Å²) in [6.45, 7) is 3.25. The first-order valence-corrected chi connectivity index (χ1v) is 13.1. The van der Waals surface area contributed by atoms with Crippen LogP contribution in [0.5, 0.6) is 11.5 Å². The van der Waals surface area contributed by atoms with E-state index in [1.54, 1.807) is 13.3 Å². The summed E-state index contributed by atoms with van der Waals surface area (Å²) in [5.41, 5.74) is 0. The zero-order valence-corrected chi connectivity index (χ0v) is 22.5. The number of hydrogen-bond donors (Lipinski definition) is 1. The standard InChI is InChI=1S/C12H15IN2O3.C10H11IN2O2/c1-16-7-18-9-4-8-6-17-11-10(13)2-3-14-12(11)15(8)5-9;11-8-1-2-12-10-9(8)15-5-6-3-7(14)4-13(6)10/h2-3,8-9H,4-7H2,1H3;1-2,6-7,14H,3-5H2/t8-,9-;6-,7-/m00/s1. The van der Waals surface area contributed by atoms with Crippen LogP contribution in [0.25, 0.3) is 0 Å². The Kier molecular flexibility index (Phi) is 7.30. The second-order valence-corrected chi connectivity index (χ2v) is 10.8. The number of hydrogen-bond acceptors (Lipinski definition) is 9. The van der Waals surface area contributed by atoms with Gasteiger partial charge in [0.25, 0.3) is 0 Å². The van der Waals surface area contributed by atoms with E-state index in [1.165, 1.54) is 0 Å². The number of aliphatic hydroxyl groups is 1. The molecule has 2 saturated heterocycles. The van der Waals surface area contributed by atoms with Gasteiger partial charge in [-0.05, 0) is 70.2 Å². The normalized spacial score (nSPS) is 26.8. The molecule has 2 aromatic rings. The fourth-order valence-corrected chi connectivity index (χ4v) is 5.87. The molecule has 0 spiro atoms. The third-order valence-electron chi connectivity index (χ3n) is 6.25. The highest BCUT2D eigenvalue weighted by Crippen LogP contribution is 2.40. The summed E-state index contributed by atoms with van der Waals surface area (Å²) in [6, 6.07) is 4.56. The van der Waals surface area contributed by atoms with Gasteiger partial charge in [-0.2, -0.15) is 0 Å². The summed E-state index contributed by atoms with van der Waals surface area (Å²) in [7, 11) is 1.64. The van der Waals surface area contributed by atoms with Gasteiger partial charge < -0.3 is 33.9 Å². The summed E-state index contributed by atoms with van der Waals surface area (Å²) in [4.78, 5) is 13.2. The van der Waals surface area contributed by atoms with Crippen molar-refractivity contribution in [3.63, 3.8) is 0 Å². The van der Waals surface area contributed by atoms with Gasteiger partial charge in [0, 0.05) is 32.6 Å². The number of ether oxygens (including phenoxy) is 4. The van der Waals surface area contributed by atoms with E-state index in [4.69, 9.17) is 18.9 Å². The molecule has 0 amide bonds. The maximum atomic E-state index is 9.63. The summed E-state index contributed by atoms with van der Waals surface area (Å²) in [5, 5.41) is 9.63.